The summed E-state index contributed by atoms with van der Waals surface area (Å²) in [7, 11) is 4.06. The first-order valence-electron chi connectivity index (χ1n) is 7.83. The monoisotopic (exact) mass is 289 g/mol. The maximum atomic E-state index is 12.7. The van der Waals surface area contributed by atoms with Crippen molar-refractivity contribution in [3.8, 4) is 0 Å². The summed E-state index contributed by atoms with van der Waals surface area (Å²) in [5.41, 5.74) is 7.09. The molecule has 1 amide bonds. The Morgan fingerprint density at radius 1 is 1.19 bits per heavy atom. The third kappa shape index (κ3) is 4.55. The van der Waals surface area contributed by atoms with E-state index < -0.39 is 0 Å². The number of likely N-dealkylation sites (N-methyl/N-ethyl adjacent to an activating group) is 1. The van der Waals surface area contributed by atoms with Crippen molar-refractivity contribution in [1.82, 2.24) is 4.90 Å². The van der Waals surface area contributed by atoms with Crippen molar-refractivity contribution >= 4 is 11.6 Å². The standard InChI is InChI=1S/C17H27N3O/c1-19(2)11-12-20(15-8-4-3-5-9-15)17(21)13-14-7-6-10-16(14)18/h3-5,8-9,14,16H,6-7,10-13,18H2,1-2H3/t14-,16+/m0/s1. The highest BCUT2D eigenvalue weighted by Gasteiger charge is 2.28. The van der Waals surface area contributed by atoms with Gasteiger partial charge < -0.3 is 15.5 Å². The Labute approximate surface area is 127 Å². The van der Waals surface area contributed by atoms with Gasteiger partial charge in [-0.25, -0.2) is 0 Å². The van der Waals surface area contributed by atoms with Crippen LogP contribution in [0.3, 0.4) is 0 Å². The molecule has 1 fully saturated rings. The number of carbonyl (C=O) groups excluding carboxylic acids is 1. The summed E-state index contributed by atoms with van der Waals surface area (Å²) < 4.78 is 0. The van der Waals surface area contributed by atoms with Gasteiger partial charge in [0.15, 0.2) is 0 Å². The number of hydrogen-bond acceptors (Lipinski definition) is 3. The molecule has 2 N–H and O–H groups in total. The first kappa shape index (κ1) is 16.0. The Balaban J connectivity index is 2.05. The Bertz CT molecular complexity index is 447. The summed E-state index contributed by atoms with van der Waals surface area (Å²) in [6, 6.07) is 10.1. The Hall–Kier alpha value is -1.39. The third-order valence-corrected chi connectivity index (χ3v) is 4.29. The summed E-state index contributed by atoms with van der Waals surface area (Å²) >= 11 is 0. The van der Waals surface area contributed by atoms with Gasteiger partial charge in [-0.3, -0.25) is 4.79 Å². The molecule has 0 aliphatic heterocycles. The molecule has 1 aromatic carbocycles. The van der Waals surface area contributed by atoms with E-state index in [0.29, 0.717) is 12.3 Å². The highest BCUT2D eigenvalue weighted by atomic mass is 16.2. The van der Waals surface area contributed by atoms with E-state index in [2.05, 4.69) is 4.90 Å². The predicted octanol–water partition coefficient (Wildman–Crippen LogP) is 2.10. The number of carbonyl (C=O) groups is 1. The van der Waals surface area contributed by atoms with E-state index in [1.54, 1.807) is 0 Å². The van der Waals surface area contributed by atoms with Gasteiger partial charge in [0.25, 0.3) is 0 Å². The fourth-order valence-electron chi connectivity index (χ4n) is 2.96. The smallest absolute Gasteiger partial charge is 0.227 e. The number of para-hydroxylation sites is 1. The second kappa shape index (κ2) is 7.57. The molecule has 1 aliphatic carbocycles. The van der Waals surface area contributed by atoms with Crippen LogP contribution in [-0.4, -0.2) is 44.0 Å². The number of nitrogens with two attached hydrogens (primary N) is 1. The topological polar surface area (TPSA) is 49.6 Å². The number of rotatable bonds is 6. The number of nitrogens with zero attached hydrogens (tertiary/aromatic N) is 2. The van der Waals surface area contributed by atoms with E-state index in [-0.39, 0.29) is 11.9 Å². The van der Waals surface area contributed by atoms with Crippen molar-refractivity contribution in [3.63, 3.8) is 0 Å². The van der Waals surface area contributed by atoms with Crippen LogP contribution in [0.4, 0.5) is 5.69 Å². The minimum atomic E-state index is 0.195. The van der Waals surface area contributed by atoms with E-state index in [1.165, 1.54) is 0 Å². The van der Waals surface area contributed by atoms with Gasteiger partial charge in [0.1, 0.15) is 0 Å². The van der Waals surface area contributed by atoms with Crippen LogP contribution in [0.2, 0.25) is 0 Å². The quantitative estimate of drug-likeness (QED) is 0.872. The third-order valence-electron chi connectivity index (χ3n) is 4.29. The lowest BCUT2D eigenvalue weighted by atomic mass is 9.99. The zero-order chi connectivity index (χ0) is 15.2. The zero-order valence-corrected chi connectivity index (χ0v) is 13.2. The van der Waals surface area contributed by atoms with Crippen molar-refractivity contribution in [2.45, 2.75) is 31.7 Å². The average molecular weight is 289 g/mol. The van der Waals surface area contributed by atoms with Crippen LogP contribution in [0, 0.1) is 5.92 Å². The van der Waals surface area contributed by atoms with E-state index >= 15 is 0 Å². The molecule has 1 aromatic rings. The van der Waals surface area contributed by atoms with Gasteiger partial charge in [-0.15, -0.1) is 0 Å². The van der Waals surface area contributed by atoms with E-state index in [0.717, 1.165) is 38.0 Å². The van der Waals surface area contributed by atoms with Crippen LogP contribution in [0.25, 0.3) is 0 Å². The SMILES string of the molecule is CN(C)CCN(C(=O)C[C@@H]1CCC[C@H]1N)c1ccccc1. The molecule has 0 saturated heterocycles. The van der Waals surface area contributed by atoms with Gasteiger partial charge in [-0.2, -0.15) is 0 Å². The average Bonchev–Trinajstić information content (AvgIpc) is 2.85. The largest absolute Gasteiger partial charge is 0.327 e. The van der Waals surface area contributed by atoms with Crippen molar-refractivity contribution in [3.05, 3.63) is 30.3 Å². The molecule has 21 heavy (non-hydrogen) atoms. The normalized spacial score (nSPS) is 21.7. The van der Waals surface area contributed by atoms with Crippen LogP contribution < -0.4 is 10.6 Å². The van der Waals surface area contributed by atoms with Crippen LogP contribution in [0.1, 0.15) is 25.7 Å². The lowest BCUT2D eigenvalue weighted by Gasteiger charge is -2.26. The summed E-state index contributed by atoms with van der Waals surface area (Å²) in [4.78, 5) is 16.7. The maximum absolute atomic E-state index is 12.7. The summed E-state index contributed by atoms with van der Waals surface area (Å²) in [6.07, 6.45) is 3.87. The number of benzene rings is 1. The predicted molar refractivity (Wildman–Crippen MR) is 87.3 cm³/mol. The minimum Gasteiger partial charge on any atom is -0.327 e. The summed E-state index contributed by atoms with van der Waals surface area (Å²) in [6.45, 7) is 1.58. The number of hydrogen-bond donors (Lipinski definition) is 1. The molecule has 0 unspecified atom stereocenters. The fraction of sp³-hybridized carbons (Fsp3) is 0.588. The lowest BCUT2D eigenvalue weighted by Crippen LogP contribution is -2.39. The van der Waals surface area contributed by atoms with E-state index in [1.807, 2.05) is 49.3 Å². The molecule has 0 radical (unpaired) electrons. The first-order chi connectivity index (χ1) is 10.1. The number of amides is 1. The van der Waals surface area contributed by atoms with Crippen molar-refractivity contribution in [2.75, 3.05) is 32.1 Å². The molecule has 4 nitrogen and oxygen atoms in total. The molecule has 1 saturated carbocycles. The lowest BCUT2D eigenvalue weighted by molar-refractivity contribution is -0.119. The van der Waals surface area contributed by atoms with Crippen LogP contribution in [0.5, 0.6) is 0 Å². The molecular weight excluding hydrogens is 262 g/mol. The van der Waals surface area contributed by atoms with Gasteiger partial charge in [-0.05, 0) is 45.0 Å². The molecule has 0 aromatic heterocycles. The van der Waals surface area contributed by atoms with Gasteiger partial charge in [0, 0.05) is 31.2 Å². The Morgan fingerprint density at radius 2 is 1.90 bits per heavy atom. The van der Waals surface area contributed by atoms with Crippen molar-refractivity contribution in [1.29, 1.82) is 0 Å². The van der Waals surface area contributed by atoms with E-state index in [4.69, 9.17) is 5.73 Å². The molecule has 2 rings (SSSR count). The summed E-state index contributed by atoms with van der Waals surface area (Å²) in [5, 5.41) is 0. The molecular formula is C17H27N3O. The number of anilines is 1. The Morgan fingerprint density at radius 3 is 2.48 bits per heavy atom. The van der Waals surface area contributed by atoms with Gasteiger partial charge >= 0.3 is 0 Å². The molecule has 116 valence electrons. The highest BCUT2D eigenvalue weighted by molar-refractivity contribution is 5.93. The van der Waals surface area contributed by atoms with Gasteiger partial charge in [0.2, 0.25) is 5.91 Å². The van der Waals surface area contributed by atoms with Gasteiger partial charge in [-0.1, -0.05) is 24.6 Å². The molecule has 2 atom stereocenters. The maximum Gasteiger partial charge on any atom is 0.227 e. The second-order valence-electron chi connectivity index (χ2n) is 6.24. The summed E-state index contributed by atoms with van der Waals surface area (Å²) in [5.74, 6) is 0.550. The van der Waals surface area contributed by atoms with Gasteiger partial charge in [0.05, 0.1) is 0 Å². The molecule has 0 bridgehead atoms. The van der Waals surface area contributed by atoms with Crippen molar-refractivity contribution < 1.29 is 4.79 Å². The van der Waals surface area contributed by atoms with Crippen molar-refractivity contribution in [2.24, 2.45) is 11.7 Å². The molecule has 0 heterocycles. The molecule has 4 heteroatoms. The zero-order valence-electron chi connectivity index (χ0n) is 13.2. The Kier molecular flexibility index (Phi) is 5.76. The molecule has 1 aliphatic rings. The second-order valence-corrected chi connectivity index (χ2v) is 6.24. The van der Waals surface area contributed by atoms with Crippen LogP contribution in [-0.2, 0) is 4.79 Å². The minimum absolute atomic E-state index is 0.195. The molecule has 0 spiro atoms. The first-order valence-corrected chi connectivity index (χ1v) is 7.83. The van der Waals surface area contributed by atoms with Crippen LogP contribution >= 0.6 is 0 Å². The van der Waals surface area contributed by atoms with E-state index in [9.17, 15) is 4.79 Å². The van der Waals surface area contributed by atoms with Crippen LogP contribution in [0.15, 0.2) is 30.3 Å². The fourth-order valence-corrected chi connectivity index (χ4v) is 2.96. The highest BCUT2D eigenvalue weighted by Crippen LogP contribution is 2.28.